The summed E-state index contributed by atoms with van der Waals surface area (Å²) in [6.07, 6.45) is 11.4. The minimum atomic E-state index is 0.402. The van der Waals surface area contributed by atoms with Crippen LogP contribution in [0.25, 0.3) is 0 Å². The maximum Gasteiger partial charge on any atom is 0.104 e. The van der Waals surface area contributed by atoms with Gasteiger partial charge in [-0.1, -0.05) is 45.4 Å². The predicted octanol–water partition coefficient (Wildman–Crippen LogP) is 3.57. The van der Waals surface area contributed by atoms with Crippen LogP contribution in [0.1, 0.15) is 58.3 Å². The Morgan fingerprint density at radius 3 is 2.00 bits per heavy atom. The van der Waals surface area contributed by atoms with Gasteiger partial charge in [0.15, 0.2) is 0 Å². The van der Waals surface area contributed by atoms with E-state index in [1.165, 1.54) is 51.4 Å². The summed E-state index contributed by atoms with van der Waals surface area (Å²) in [5.74, 6) is 0.686. The van der Waals surface area contributed by atoms with E-state index < -0.39 is 0 Å². The Morgan fingerprint density at radius 1 is 0.818 bits per heavy atom. The molecule has 2 aliphatic rings. The van der Waals surface area contributed by atoms with E-state index in [0.29, 0.717) is 18.1 Å². The van der Waals surface area contributed by atoms with Crippen LogP contribution in [-0.4, -0.2) is 51.8 Å². The molecule has 22 heavy (non-hydrogen) atoms. The molecule has 2 rings (SSSR count). The van der Waals surface area contributed by atoms with Crippen LogP contribution in [0.5, 0.6) is 0 Å². The highest BCUT2D eigenvalue weighted by Crippen LogP contribution is 2.15. The van der Waals surface area contributed by atoms with Crippen molar-refractivity contribution in [2.75, 3.05) is 39.6 Å². The van der Waals surface area contributed by atoms with E-state index in [9.17, 15) is 0 Å². The molecule has 2 fully saturated rings. The summed E-state index contributed by atoms with van der Waals surface area (Å²) >= 11 is 0. The average Bonchev–Trinajstić information content (AvgIpc) is 3.39. The molecular formula is C18H34O4. The van der Waals surface area contributed by atoms with Gasteiger partial charge in [0.2, 0.25) is 0 Å². The molecule has 2 aliphatic heterocycles. The lowest BCUT2D eigenvalue weighted by atomic mass is 10.0. The molecule has 4 heteroatoms. The van der Waals surface area contributed by atoms with E-state index >= 15 is 0 Å². The van der Waals surface area contributed by atoms with Crippen LogP contribution in [0.15, 0.2) is 0 Å². The highest BCUT2D eigenvalue weighted by atomic mass is 16.6. The van der Waals surface area contributed by atoms with Gasteiger partial charge < -0.3 is 18.9 Å². The van der Waals surface area contributed by atoms with Gasteiger partial charge in [-0.3, -0.25) is 0 Å². The Kier molecular flexibility index (Phi) is 9.41. The minimum absolute atomic E-state index is 0.402. The fourth-order valence-corrected chi connectivity index (χ4v) is 2.61. The third-order valence-electron chi connectivity index (χ3n) is 4.30. The summed E-state index contributed by atoms with van der Waals surface area (Å²) < 4.78 is 21.4. The van der Waals surface area contributed by atoms with Gasteiger partial charge in [0.05, 0.1) is 26.4 Å². The minimum Gasteiger partial charge on any atom is -0.379 e. The SMILES string of the molecule is CC(CCCCCCCCCOCC1CO1)COCC1CO1. The largest absolute Gasteiger partial charge is 0.379 e. The standard InChI is InChI=1S/C18H34O4/c1-16(11-20-13-18-15-22-18)9-7-5-3-2-4-6-8-10-19-12-17-14-21-17/h16-18H,2-15H2,1H3. The molecule has 130 valence electrons. The molecule has 3 atom stereocenters. The molecule has 2 heterocycles. The van der Waals surface area contributed by atoms with Crippen LogP contribution >= 0.6 is 0 Å². The van der Waals surface area contributed by atoms with Crippen molar-refractivity contribution >= 4 is 0 Å². The van der Waals surface area contributed by atoms with Gasteiger partial charge in [-0.05, 0) is 18.8 Å². The van der Waals surface area contributed by atoms with Gasteiger partial charge in [-0.2, -0.15) is 0 Å². The van der Waals surface area contributed by atoms with Crippen molar-refractivity contribution in [2.45, 2.75) is 70.5 Å². The molecule has 4 nitrogen and oxygen atoms in total. The topological polar surface area (TPSA) is 43.5 Å². The van der Waals surface area contributed by atoms with Crippen LogP contribution in [0.3, 0.4) is 0 Å². The maximum absolute atomic E-state index is 5.64. The second-order valence-electron chi connectivity index (χ2n) is 6.89. The lowest BCUT2D eigenvalue weighted by Gasteiger charge is -2.11. The Hall–Kier alpha value is -0.160. The monoisotopic (exact) mass is 314 g/mol. The number of epoxide rings is 2. The molecule has 0 amide bonds. The first kappa shape index (κ1) is 18.2. The van der Waals surface area contributed by atoms with E-state index in [-0.39, 0.29) is 0 Å². The Bertz CT molecular complexity index is 264. The van der Waals surface area contributed by atoms with Crippen molar-refractivity contribution in [3.8, 4) is 0 Å². The maximum atomic E-state index is 5.64. The molecular weight excluding hydrogens is 280 g/mol. The number of unbranched alkanes of at least 4 members (excludes halogenated alkanes) is 6. The number of ether oxygens (including phenoxy) is 4. The molecule has 0 aromatic rings. The van der Waals surface area contributed by atoms with Gasteiger partial charge >= 0.3 is 0 Å². The number of hydrogen-bond donors (Lipinski definition) is 0. The summed E-state index contributed by atoms with van der Waals surface area (Å²) in [5.41, 5.74) is 0. The zero-order valence-electron chi connectivity index (χ0n) is 14.3. The van der Waals surface area contributed by atoms with Gasteiger partial charge in [0.25, 0.3) is 0 Å². The summed E-state index contributed by atoms with van der Waals surface area (Å²) in [6, 6.07) is 0. The van der Waals surface area contributed by atoms with Crippen molar-refractivity contribution in [3.05, 3.63) is 0 Å². The normalized spacial score (nSPS) is 24.4. The molecule has 0 saturated carbocycles. The smallest absolute Gasteiger partial charge is 0.104 e. The lowest BCUT2D eigenvalue weighted by molar-refractivity contribution is 0.0875. The fraction of sp³-hybridized carbons (Fsp3) is 1.00. The van der Waals surface area contributed by atoms with Crippen LogP contribution in [-0.2, 0) is 18.9 Å². The van der Waals surface area contributed by atoms with Gasteiger partial charge in [0.1, 0.15) is 12.2 Å². The Morgan fingerprint density at radius 2 is 1.36 bits per heavy atom. The van der Waals surface area contributed by atoms with Gasteiger partial charge in [-0.25, -0.2) is 0 Å². The average molecular weight is 314 g/mol. The molecule has 0 radical (unpaired) electrons. The first-order valence-electron chi connectivity index (χ1n) is 9.23. The van der Waals surface area contributed by atoms with Crippen molar-refractivity contribution in [2.24, 2.45) is 5.92 Å². The van der Waals surface area contributed by atoms with Crippen LogP contribution in [0, 0.1) is 5.92 Å². The quantitative estimate of drug-likeness (QED) is 0.323. The van der Waals surface area contributed by atoms with Crippen LogP contribution < -0.4 is 0 Å². The van der Waals surface area contributed by atoms with E-state index in [2.05, 4.69) is 6.92 Å². The zero-order valence-corrected chi connectivity index (χ0v) is 14.3. The van der Waals surface area contributed by atoms with E-state index in [1.54, 1.807) is 0 Å². The molecule has 0 bridgehead atoms. The zero-order chi connectivity index (χ0) is 15.5. The summed E-state index contributed by atoms with van der Waals surface area (Å²) in [7, 11) is 0. The molecule has 0 aliphatic carbocycles. The van der Waals surface area contributed by atoms with Crippen molar-refractivity contribution in [1.29, 1.82) is 0 Å². The fourth-order valence-electron chi connectivity index (χ4n) is 2.61. The Labute approximate surface area is 135 Å². The highest BCUT2D eigenvalue weighted by Gasteiger charge is 2.22. The first-order valence-corrected chi connectivity index (χ1v) is 9.23. The molecule has 0 spiro atoms. The predicted molar refractivity (Wildman–Crippen MR) is 87.2 cm³/mol. The molecule has 0 aromatic heterocycles. The lowest BCUT2D eigenvalue weighted by Crippen LogP contribution is -2.09. The second kappa shape index (κ2) is 11.4. The Balaban J connectivity index is 1.22. The second-order valence-corrected chi connectivity index (χ2v) is 6.89. The third kappa shape index (κ3) is 10.5. The number of hydrogen-bond acceptors (Lipinski definition) is 4. The number of rotatable bonds is 16. The van der Waals surface area contributed by atoms with Crippen molar-refractivity contribution in [1.82, 2.24) is 0 Å². The van der Waals surface area contributed by atoms with Crippen LogP contribution in [0.2, 0.25) is 0 Å². The molecule has 3 unspecified atom stereocenters. The molecule has 0 N–H and O–H groups in total. The molecule has 2 saturated heterocycles. The third-order valence-corrected chi connectivity index (χ3v) is 4.30. The summed E-state index contributed by atoms with van der Waals surface area (Å²) in [5, 5.41) is 0. The van der Waals surface area contributed by atoms with E-state index in [0.717, 1.165) is 39.6 Å². The first-order chi connectivity index (χ1) is 10.8. The molecule has 0 aromatic carbocycles. The van der Waals surface area contributed by atoms with Gasteiger partial charge in [0, 0.05) is 13.2 Å². The summed E-state index contributed by atoms with van der Waals surface area (Å²) in [6.45, 7) is 7.49. The van der Waals surface area contributed by atoms with E-state index in [4.69, 9.17) is 18.9 Å². The van der Waals surface area contributed by atoms with Gasteiger partial charge in [-0.15, -0.1) is 0 Å². The highest BCUT2D eigenvalue weighted by molar-refractivity contribution is 4.68. The van der Waals surface area contributed by atoms with E-state index in [1.807, 2.05) is 0 Å². The van der Waals surface area contributed by atoms with Crippen molar-refractivity contribution in [3.63, 3.8) is 0 Å². The van der Waals surface area contributed by atoms with Crippen LogP contribution in [0.4, 0.5) is 0 Å². The van der Waals surface area contributed by atoms with Crippen molar-refractivity contribution < 1.29 is 18.9 Å². The summed E-state index contributed by atoms with van der Waals surface area (Å²) in [4.78, 5) is 0.